The van der Waals surface area contributed by atoms with Gasteiger partial charge in [0.2, 0.25) is 5.91 Å². The quantitative estimate of drug-likeness (QED) is 0.759. The van der Waals surface area contributed by atoms with E-state index in [1.807, 2.05) is 18.2 Å². The Morgan fingerprint density at radius 3 is 2.45 bits per heavy atom. The molecule has 0 atom stereocenters. The molecule has 0 bridgehead atoms. The number of nitrogens with one attached hydrogen (secondary N) is 2. The lowest BCUT2D eigenvalue weighted by Crippen LogP contribution is -2.14. The van der Waals surface area contributed by atoms with Gasteiger partial charge in [0.1, 0.15) is 5.75 Å². The fraction of sp³-hybridized carbons (Fsp3) is 0.125. The summed E-state index contributed by atoms with van der Waals surface area (Å²) in [6.45, 7) is 1.41. The van der Waals surface area contributed by atoms with Crippen LogP contribution in [0.1, 0.15) is 17.3 Å². The predicted molar refractivity (Wildman–Crippen MR) is 94.4 cm³/mol. The highest BCUT2D eigenvalue weighted by Crippen LogP contribution is 2.28. The maximum Gasteiger partial charge on any atom is 0.256 e. The van der Waals surface area contributed by atoms with Crippen LogP contribution in [0.3, 0.4) is 0 Å². The Balaban J connectivity index is 2.24. The maximum absolute atomic E-state index is 12.3. The van der Waals surface area contributed by atoms with Gasteiger partial charge in [-0.1, -0.05) is 12.1 Å². The lowest BCUT2D eigenvalue weighted by atomic mass is 10.2. The molecule has 0 aromatic heterocycles. The molecule has 114 valence electrons. The third-order valence-electron chi connectivity index (χ3n) is 2.89. The van der Waals surface area contributed by atoms with Crippen LogP contribution in [0.25, 0.3) is 0 Å². The summed E-state index contributed by atoms with van der Waals surface area (Å²) in [7, 11) is 1.52. The molecule has 0 spiro atoms. The van der Waals surface area contributed by atoms with Crippen molar-refractivity contribution in [3.8, 4) is 5.75 Å². The SMILES string of the molecule is COc1ccc(NC(=O)c2ccccc2I)cc1NC(C)=O. The van der Waals surface area contributed by atoms with E-state index in [4.69, 9.17) is 4.74 Å². The van der Waals surface area contributed by atoms with Crippen molar-refractivity contribution in [3.05, 3.63) is 51.6 Å². The van der Waals surface area contributed by atoms with Crippen molar-refractivity contribution in [2.75, 3.05) is 17.7 Å². The number of ether oxygens (including phenoxy) is 1. The van der Waals surface area contributed by atoms with Crippen LogP contribution in [0.15, 0.2) is 42.5 Å². The highest BCUT2D eigenvalue weighted by Gasteiger charge is 2.11. The Labute approximate surface area is 142 Å². The molecular weight excluding hydrogens is 395 g/mol. The number of carbonyl (C=O) groups is 2. The number of hydrogen-bond acceptors (Lipinski definition) is 3. The van der Waals surface area contributed by atoms with Crippen LogP contribution in [0.4, 0.5) is 11.4 Å². The molecule has 0 radical (unpaired) electrons. The summed E-state index contributed by atoms with van der Waals surface area (Å²) in [6.07, 6.45) is 0. The van der Waals surface area contributed by atoms with E-state index in [9.17, 15) is 9.59 Å². The molecule has 0 fully saturated rings. The van der Waals surface area contributed by atoms with Crippen molar-refractivity contribution in [1.29, 1.82) is 0 Å². The van der Waals surface area contributed by atoms with Crippen molar-refractivity contribution >= 4 is 45.8 Å². The number of rotatable bonds is 4. The fourth-order valence-corrected chi connectivity index (χ4v) is 2.55. The zero-order valence-corrected chi connectivity index (χ0v) is 14.3. The van der Waals surface area contributed by atoms with Crippen LogP contribution in [0, 0.1) is 3.57 Å². The van der Waals surface area contributed by atoms with Crippen molar-refractivity contribution in [1.82, 2.24) is 0 Å². The van der Waals surface area contributed by atoms with Crippen LogP contribution in [0.5, 0.6) is 5.75 Å². The van der Waals surface area contributed by atoms with Crippen LogP contribution in [0.2, 0.25) is 0 Å². The lowest BCUT2D eigenvalue weighted by molar-refractivity contribution is -0.114. The van der Waals surface area contributed by atoms with Gasteiger partial charge >= 0.3 is 0 Å². The number of halogens is 1. The third-order valence-corrected chi connectivity index (χ3v) is 3.83. The smallest absolute Gasteiger partial charge is 0.256 e. The average Bonchev–Trinajstić information content (AvgIpc) is 2.47. The van der Waals surface area contributed by atoms with E-state index in [-0.39, 0.29) is 11.8 Å². The van der Waals surface area contributed by atoms with Crippen LogP contribution >= 0.6 is 22.6 Å². The van der Waals surface area contributed by atoms with Gasteiger partial charge in [-0.05, 0) is 52.9 Å². The first-order chi connectivity index (χ1) is 10.5. The molecule has 0 aliphatic heterocycles. The second-order valence-electron chi connectivity index (χ2n) is 4.53. The normalized spacial score (nSPS) is 9.95. The molecule has 0 aliphatic carbocycles. The maximum atomic E-state index is 12.3. The second-order valence-corrected chi connectivity index (χ2v) is 5.69. The fourth-order valence-electron chi connectivity index (χ4n) is 1.92. The average molecular weight is 410 g/mol. The van der Waals surface area contributed by atoms with E-state index >= 15 is 0 Å². The molecule has 6 heteroatoms. The summed E-state index contributed by atoms with van der Waals surface area (Å²) < 4.78 is 6.05. The molecule has 0 unspecified atom stereocenters. The molecule has 0 saturated heterocycles. The van der Waals surface area contributed by atoms with Crippen LogP contribution < -0.4 is 15.4 Å². The molecule has 5 nitrogen and oxygen atoms in total. The topological polar surface area (TPSA) is 67.4 Å². The monoisotopic (exact) mass is 410 g/mol. The zero-order valence-electron chi connectivity index (χ0n) is 12.1. The molecule has 2 rings (SSSR count). The van der Waals surface area contributed by atoms with E-state index < -0.39 is 0 Å². The highest BCUT2D eigenvalue weighted by molar-refractivity contribution is 14.1. The van der Waals surface area contributed by atoms with Gasteiger partial charge in [0.05, 0.1) is 18.4 Å². The number of carbonyl (C=O) groups excluding carboxylic acids is 2. The molecule has 2 N–H and O–H groups in total. The summed E-state index contributed by atoms with van der Waals surface area (Å²) in [5.74, 6) is 0.116. The standard InChI is InChI=1S/C16H15IN2O3/c1-10(20)18-14-9-11(7-8-15(14)22-2)19-16(21)12-5-3-4-6-13(12)17/h3-9H,1-2H3,(H,18,20)(H,19,21). The molecule has 2 aromatic carbocycles. The minimum atomic E-state index is -0.209. The highest BCUT2D eigenvalue weighted by atomic mass is 127. The molecule has 0 saturated carbocycles. The van der Waals surface area contributed by atoms with Gasteiger partial charge in [-0.25, -0.2) is 0 Å². The Morgan fingerprint density at radius 2 is 1.82 bits per heavy atom. The van der Waals surface area contributed by atoms with Gasteiger partial charge in [-0.3, -0.25) is 9.59 Å². The summed E-state index contributed by atoms with van der Waals surface area (Å²) in [5, 5.41) is 5.49. The summed E-state index contributed by atoms with van der Waals surface area (Å²) in [6, 6.07) is 12.4. The van der Waals surface area contributed by atoms with E-state index in [1.54, 1.807) is 24.3 Å². The first kappa shape index (κ1) is 16.3. The van der Waals surface area contributed by atoms with Gasteiger partial charge in [0, 0.05) is 16.2 Å². The van der Waals surface area contributed by atoms with Crippen molar-refractivity contribution in [2.24, 2.45) is 0 Å². The number of anilines is 2. The number of amides is 2. The summed E-state index contributed by atoms with van der Waals surface area (Å²) in [4.78, 5) is 23.5. The minimum absolute atomic E-state index is 0.205. The summed E-state index contributed by atoms with van der Waals surface area (Å²) >= 11 is 2.11. The van der Waals surface area contributed by atoms with Gasteiger partial charge in [-0.2, -0.15) is 0 Å². The molecule has 22 heavy (non-hydrogen) atoms. The van der Waals surface area contributed by atoms with Crippen LogP contribution in [-0.2, 0) is 4.79 Å². The first-order valence-electron chi connectivity index (χ1n) is 6.52. The third kappa shape index (κ3) is 3.97. The Kier molecular flexibility index (Phi) is 5.37. The van der Waals surface area contributed by atoms with Crippen molar-refractivity contribution in [3.63, 3.8) is 0 Å². The molecule has 2 amide bonds. The number of methoxy groups -OCH3 is 1. The van der Waals surface area contributed by atoms with Crippen molar-refractivity contribution < 1.29 is 14.3 Å². The number of benzene rings is 2. The van der Waals surface area contributed by atoms with Crippen molar-refractivity contribution in [2.45, 2.75) is 6.92 Å². The second kappa shape index (κ2) is 7.26. The zero-order chi connectivity index (χ0) is 16.1. The van der Waals surface area contributed by atoms with E-state index in [2.05, 4.69) is 33.2 Å². The lowest BCUT2D eigenvalue weighted by Gasteiger charge is -2.12. The van der Waals surface area contributed by atoms with E-state index in [1.165, 1.54) is 14.0 Å². The summed E-state index contributed by atoms with van der Waals surface area (Å²) in [5.41, 5.74) is 1.68. The molecular formula is C16H15IN2O3. The number of hydrogen-bond donors (Lipinski definition) is 2. The minimum Gasteiger partial charge on any atom is -0.495 e. The van der Waals surface area contributed by atoms with Gasteiger partial charge in [-0.15, -0.1) is 0 Å². The predicted octanol–water partition coefficient (Wildman–Crippen LogP) is 3.51. The first-order valence-corrected chi connectivity index (χ1v) is 7.60. The van der Waals surface area contributed by atoms with E-state index in [0.29, 0.717) is 22.7 Å². The Bertz CT molecular complexity index is 716. The largest absolute Gasteiger partial charge is 0.495 e. The van der Waals surface area contributed by atoms with E-state index in [0.717, 1.165) is 3.57 Å². The Hall–Kier alpha value is -2.09. The Morgan fingerprint density at radius 1 is 1.09 bits per heavy atom. The molecule has 2 aromatic rings. The molecule has 0 heterocycles. The molecule has 0 aliphatic rings. The van der Waals surface area contributed by atoms with Crippen LogP contribution in [-0.4, -0.2) is 18.9 Å². The van der Waals surface area contributed by atoms with Gasteiger partial charge in [0.15, 0.2) is 0 Å². The van der Waals surface area contributed by atoms with Gasteiger partial charge in [0.25, 0.3) is 5.91 Å². The van der Waals surface area contributed by atoms with Gasteiger partial charge < -0.3 is 15.4 Å².